The summed E-state index contributed by atoms with van der Waals surface area (Å²) in [5, 5.41) is 13.0. The third-order valence-electron chi connectivity index (χ3n) is 4.84. The molecule has 0 radical (unpaired) electrons. The molecule has 140 valence electrons. The van der Waals surface area contributed by atoms with E-state index in [-0.39, 0.29) is 12.0 Å². The van der Waals surface area contributed by atoms with E-state index in [0.717, 1.165) is 48.0 Å². The number of benzene rings is 1. The molecule has 1 aromatic carbocycles. The van der Waals surface area contributed by atoms with E-state index in [1.54, 1.807) is 7.11 Å². The molecule has 7 heteroatoms. The summed E-state index contributed by atoms with van der Waals surface area (Å²) >= 11 is 0. The Morgan fingerprint density at radius 3 is 2.70 bits per heavy atom. The van der Waals surface area contributed by atoms with E-state index >= 15 is 0 Å². The Bertz CT molecular complexity index is 907. The minimum Gasteiger partial charge on any atom is -0.496 e. The van der Waals surface area contributed by atoms with E-state index in [2.05, 4.69) is 39.1 Å². The number of nitrogens with zero attached hydrogens (tertiary/aromatic N) is 5. The van der Waals surface area contributed by atoms with Crippen molar-refractivity contribution in [2.24, 2.45) is 0 Å². The van der Waals surface area contributed by atoms with Gasteiger partial charge in [-0.2, -0.15) is 4.98 Å². The molecule has 0 unspecified atom stereocenters. The van der Waals surface area contributed by atoms with Crippen LogP contribution in [0.3, 0.4) is 0 Å². The van der Waals surface area contributed by atoms with Crippen LogP contribution >= 0.6 is 0 Å². The standard InChI is InChI=1S/C20H23N5O2/c1-13(2)19-21-20(27-24-19)16-8-6-12-25(16)18-11-10-15(22-23-18)14-7-4-5-9-17(14)26-3/h4-5,7,9-11,13,16H,6,8,12H2,1-3H3/t16-/m0/s1. The molecule has 0 aliphatic carbocycles. The molecule has 7 nitrogen and oxygen atoms in total. The lowest BCUT2D eigenvalue weighted by molar-refractivity contribution is 0.349. The first kappa shape index (κ1) is 17.5. The van der Waals surface area contributed by atoms with Crippen LogP contribution in [0.4, 0.5) is 5.82 Å². The molecule has 4 rings (SSSR count). The lowest BCUT2D eigenvalue weighted by Gasteiger charge is -2.22. The molecule has 27 heavy (non-hydrogen) atoms. The zero-order valence-corrected chi connectivity index (χ0v) is 15.8. The molecule has 0 N–H and O–H groups in total. The van der Waals surface area contributed by atoms with Crippen LogP contribution in [0.1, 0.15) is 50.4 Å². The number of methoxy groups -OCH3 is 1. The van der Waals surface area contributed by atoms with Crippen molar-refractivity contribution in [1.82, 2.24) is 20.3 Å². The average molecular weight is 365 g/mol. The highest BCUT2D eigenvalue weighted by Crippen LogP contribution is 2.35. The van der Waals surface area contributed by atoms with Gasteiger partial charge in [0.15, 0.2) is 11.6 Å². The summed E-state index contributed by atoms with van der Waals surface area (Å²) in [7, 11) is 1.66. The Morgan fingerprint density at radius 1 is 1.15 bits per heavy atom. The van der Waals surface area contributed by atoms with Crippen molar-refractivity contribution in [1.29, 1.82) is 0 Å². The van der Waals surface area contributed by atoms with Gasteiger partial charge in [-0.15, -0.1) is 10.2 Å². The summed E-state index contributed by atoms with van der Waals surface area (Å²) in [4.78, 5) is 6.76. The maximum absolute atomic E-state index is 5.52. The predicted octanol–water partition coefficient (Wildman–Crippen LogP) is 4.00. The van der Waals surface area contributed by atoms with Crippen LogP contribution < -0.4 is 9.64 Å². The van der Waals surface area contributed by atoms with Crippen molar-refractivity contribution in [3.8, 4) is 17.0 Å². The van der Waals surface area contributed by atoms with Crippen LogP contribution in [0, 0.1) is 0 Å². The van der Waals surface area contributed by atoms with Crippen LogP contribution in [-0.2, 0) is 0 Å². The molecular weight excluding hydrogens is 342 g/mol. The summed E-state index contributed by atoms with van der Waals surface area (Å²) in [6, 6.07) is 11.8. The van der Waals surface area contributed by atoms with Gasteiger partial charge >= 0.3 is 0 Å². The molecule has 0 saturated carbocycles. The first-order chi connectivity index (χ1) is 13.2. The second kappa shape index (κ2) is 7.34. The van der Waals surface area contributed by atoms with Crippen LogP contribution in [0.15, 0.2) is 40.9 Å². The fourth-order valence-electron chi connectivity index (χ4n) is 3.39. The minimum atomic E-state index is 0.0522. The summed E-state index contributed by atoms with van der Waals surface area (Å²) < 4.78 is 10.9. The highest BCUT2D eigenvalue weighted by molar-refractivity contribution is 5.67. The number of ether oxygens (including phenoxy) is 1. The van der Waals surface area contributed by atoms with Crippen LogP contribution in [0.25, 0.3) is 11.3 Å². The number of hydrogen-bond acceptors (Lipinski definition) is 7. The lowest BCUT2D eigenvalue weighted by atomic mass is 10.1. The third kappa shape index (κ3) is 3.37. The van der Waals surface area contributed by atoms with Crippen LogP contribution in [0.2, 0.25) is 0 Å². The number of rotatable bonds is 5. The molecule has 1 saturated heterocycles. The molecule has 0 amide bonds. The highest BCUT2D eigenvalue weighted by atomic mass is 16.5. The largest absolute Gasteiger partial charge is 0.496 e. The van der Waals surface area contributed by atoms with Gasteiger partial charge in [0, 0.05) is 18.0 Å². The number of para-hydroxylation sites is 1. The third-order valence-corrected chi connectivity index (χ3v) is 4.84. The van der Waals surface area contributed by atoms with Crippen molar-refractivity contribution in [3.05, 3.63) is 48.1 Å². The Balaban J connectivity index is 1.59. The van der Waals surface area contributed by atoms with Crippen molar-refractivity contribution >= 4 is 5.82 Å². The number of hydrogen-bond donors (Lipinski definition) is 0. The van der Waals surface area contributed by atoms with Gasteiger partial charge in [-0.3, -0.25) is 0 Å². The van der Waals surface area contributed by atoms with Gasteiger partial charge in [-0.25, -0.2) is 0 Å². The summed E-state index contributed by atoms with van der Waals surface area (Å²) in [5.41, 5.74) is 1.71. The molecular formula is C20H23N5O2. The van der Waals surface area contributed by atoms with Gasteiger partial charge in [-0.1, -0.05) is 31.1 Å². The molecule has 1 fully saturated rings. The molecule has 1 aliphatic heterocycles. The molecule has 3 heterocycles. The predicted molar refractivity (Wildman–Crippen MR) is 102 cm³/mol. The zero-order chi connectivity index (χ0) is 18.8. The average Bonchev–Trinajstić information content (AvgIpc) is 3.37. The van der Waals surface area contributed by atoms with Crippen molar-refractivity contribution < 1.29 is 9.26 Å². The quantitative estimate of drug-likeness (QED) is 0.676. The monoisotopic (exact) mass is 365 g/mol. The maximum atomic E-state index is 5.52. The normalized spacial score (nSPS) is 16.9. The van der Waals surface area contributed by atoms with Gasteiger partial charge in [0.25, 0.3) is 0 Å². The molecule has 1 atom stereocenters. The lowest BCUT2D eigenvalue weighted by Crippen LogP contribution is -2.24. The van der Waals surface area contributed by atoms with Crippen LogP contribution in [0.5, 0.6) is 5.75 Å². The van der Waals surface area contributed by atoms with E-state index in [1.807, 2.05) is 36.4 Å². The molecule has 0 bridgehead atoms. The number of anilines is 1. The second-order valence-electron chi connectivity index (χ2n) is 6.97. The fourth-order valence-corrected chi connectivity index (χ4v) is 3.39. The van der Waals surface area contributed by atoms with Crippen LogP contribution in [-0.4, -0.2) is 34.0 Å². The topological polar surface area (TPSA) is 77.2 Å². The second-order valence-corrected chi connectivity index (χ2v) is 6.97. The fraction of sp³-hybridized carbons (Fsp3) is 0.400. The SMILES string of the molecule is COc1ccccc1-c1ccc(N2CCC[C@H]2c2nc(C(C)C)no2)nn1. The summed E-state index contributed by atoms with van der Waals surface area (Å²) in [6.45, 7) is 5.01. The first-order valence-electron chi connectivity index (χ1n) is 9.24. The van der Waals surface area contributed by atoms with E-state index in [4.69, 9.17) is 9.26 Å². The van der Waals surface area contributed by atoms with Gasteiger partial charge in [0.1, 0.15) is 11.8 Å². The summed E-state index contributed by atoms with van der Waals surface area (Å²) in [5.74, 6) is 3.25. The van der Waals surface area contributed by atoms with Gasteiger partial charge < -0.3 is 14.2 Å². The Labute approximate surface area is 158 Å². The summed E-state index contributed by atoms with van der Waals surface area (Å²) in [6.07, 6.45) is 2.02. The smallest absolute Gasteiger partial charge is 0.249 e. The molecule has 2 aromatic heterocycles. The van der Waals surface area contributed by atoms with Crippen molar-refractivity contribution in [2.45, 2.75) is 38.6 Å². The Morgan fingerprint density at radius 2 is 2.00 bits per heavy atom. The van der Waals surface area contributed by atoms with Gasteiger partial charge in [0.2, 0.25) is 5.89 Å². The first-order valence-corrected chi connectivity index (χ1v) is 9.24. The van der Waals surface area contributed by atoms with E-state index in [0.29, 0.717) is 5.89 Å². The Hall–Kier alpha value is -2.96. The highest BCUT2D eigenvalue weighted by Gasteiger charge is 2.32. The van der Waals surface area contributed by atoms with Gasteiger partial charge in [0.05, 0.1) is 12.8 Å². The van der Waals surface area contributed by atoms with Crippen molar-refractivity contribution in [2.75, 3.05) is 18.6 Å². The molecule has 3 aromatic rings. The van der Waals surface area contributed by atoms with E-state index < -0.39 is 0 Å². The molecule has 0 spiro atoms. The van der Waals surface area contributed by atoms with Gasteiger partial charge in [-0.05, 0) is 37.1 Å². The van der Waals surface area contributed by atoms with E-state index in [1.165, 1.54) is 0 Å². The maximum Gasteiger partial charge on any atom is 0.249 e. The van der Waals surface area contributed by atoms with E-state index in [9.17, 15) is 0 Å². The minimum absolute atomic E-state index is 0.0522. The molecule has 1 aliphatic rings. The zero-order valence-electron chi connectivity index (χ0n) is 15.8. The number of aromatic nitrogens is 4. The van der Waals surface area contributed by atoms with Crippen molar-refractivity contribution in [3.63, 3.8) is 0 Å². The Kier molecular flexibility index (Phi) is 4.75.